The van der Waals surface area contributed by atoms with Crippen LogP contribution in [0.25, 0.3) is 16.8 Å². The molecule has 0 spiro atoms. The first-order valence-electron chi connectivity index (χ1n) is 13.6. The molecule has 8 nitrogen and oxygen atoms in total. The van der Waals surface area contributed by atoms with E-state index in [2.05, 4.69) is 22.1 Å². The van der Waals surface area contributed by atoms with E-state index in [1.165, 1.54) is 12.4 Å². The first-order valence-corrected chi connectivity index (χ1v) is 13.6. The lowest BCUT2D eigenvalue weighted by Crippen LogP contribution is -2.43. The van der Waals surface area contributed by atoms with Crippen molar-refractivity contribution in [3.63, 3.8) is 0 Å². The van der Waals surface area contributed by atoms with E-state index >= 15 is 0 Å². The Balaban J connectivity index is 1.63. The molecule has 0 aliphatic heterocycles. The van der Waals surface area contributed by atoms with Crippen LogP contribution in [0.2, 0.25) is 0 Å². The summed E-state index contributed by atoms with van der Waals surface area (Å²) in [5.41, 5.74) is -1.45. The SMILES string of the molecule is CC1CC(c2cccc(-c3cnc4c(C(F)(F)F)cc(C(C)(C)OCCN(C)C)cn4c3=O)c2)(c2nncn2C)C1. The fraction of sp³-hybridized carbons (Fsp3) is 0.467. The molecule has 0 saturated heterocycles. The van der Waals surface area contributed by atoms with Crippen LogP contribution in [0.5, 0.6) is 0 Å². The molecule has 1 aromatic carbocycles. The molecule has 0 radical (unpaired) electrons. The van der Waals surface area contributed by atoms with E-state index in [0.717, 1.165) is 34.7 Å². The van der Waals surface area contributed by atoms with E-state index in [4.69, 9.17) is 4.74 Å². The Kier molecular flexibility index (Phi) is 7.31. The van der Waals surface area contributed by atoms with Crippen LogP contribution in [0.1, 0.15) is 56.1 Å². The normalized spacial score (nSPS) is 19.6. The second-order valence-electron chi connectivity index (χ2n) is 11.9. The van der Waals surface area contributed by atoms with Gasteiger partial charge in [-0.1, -0.05) is 25.1 Å². The maximum absolute atomic E-state index is 14.2. The molecule has 0 atom stereocenters. The molecule has 0 unspecified atom stereocenters. The number of aryl methyl sites for hydroxylation is 1. The van der Waals surface area contributed by atoms with Gasteiger partial charge in [0.2, 0.25) is 0 Å². The first-order chi connectivity index (χ1) is 19.2. The number of alkyl halides is 3. The Bertz CT molecular complexity index is 1630. The Morgan fingerprint density at radius 1 is 1.17 bits per heavy atom. The van der Waals surface area contributed by atoms with Crippen LogP contribution in [0.4, 0.5) is 13.2 Å². The summed E-state index contributed by atoms with van der Waals surface area (Å²) in [6, 6.07) is 8.60. The highest BCUT2D eigenvalue weighted by Gasteiger charge is 2.48. The van der Waals surface area contributed by atoms with E-state index in [1.807, 2.05) is 48.8 Å². The molecular formula is C30H35F3N6O2. The summed E-state index contributed by atoms with van der Waals surface area (Å²) in [6.45, 7) is 6.48. The van der Waals surface area contributed by atoms with Crippen molar-refractivity contribution in [3.05, 3.63) is 81.9 Å². The van der Waals surface area contributed by atoms with Crippen LogP contribution in [-0.2, 0) is 29.0 Å². The third-order valence-electron chi connectivity index (χ3n) is 8.06. The minimum absolute atomic E-state index is 0.210. The Labute approximate surface area is 236 Å². The molecule has 218 valence electrons. The van der Waals surface area contributed by atoms with Crippen molar-refractivity contribution in [1.29, 1.82) is 0 Å². The highest BCUT2D eigenvalue weighted by molar-refractivity contribution is 5.66. The number of pyridine rings is 1. The van der Waals surface area contributed by atoms with E-state index in [-0.39, 0.29) is 16.5 Å². The molecule has 1 aliphatic rings. The van der Waals surface area contributed by atoms with E-state index < -0.39 is 28.5 Å². The average Bonchev–Trinajstić information content (AvgIpc) is 3.31. The van der Waals surface area contributed by atoms with Gasteiger partial charge in [-0.25, -0.2) is 4.98 Å². The van der Waals surface area contributed by atoms with Crippen molar-refractivity contribution in [2.75, 3.05) is 27.2 Å². The topological polar surface area (TPSA) is 77.6 Å². The summed E-state index contributed by atoms with van der Waals surface area (Å²) in [5.74, 6) is 1.34. The number of likely N-dealkylation sites (N-methyl/N-ethyl adjacent to an activating group) is 1. The number of aromatic nitrogens is 5. The largest absolute Gasteiger partial charge is 0.419 e. The highest BCUT2D eigenvalue weighted by Crippen LogP contribution is 2.51. The summed E-state index contributed by atoms with van der Waals surface area (Å²) in [4.78, 5) is 19.9. The number of hydrogen-bond donors (Lipinski definition) is 0. The van der Waals surface area contributed by atoms with E-state index in [9.17, 15) is 18.0 Å². The molecule has 1 saturated carbocycles. The van der Waals surface area contributed by atoms with Gasteiger partial charge >= 0.3 is 6.18 Å². The number of rotatable bonds is 8. The monoisotopic (exact) mass is 568 g/mol. The Hall–Kier alpha value is -3.57. The summed E-state index contributed by atoms with van der Waals surface area (Å²) in [6.07, 6.45) is 1.36. The minimum Gasteiger partial charge on any atom is -0.369 e. The van der Waals surface area contributed by atoms with Gasteiger partial charge in [-0.3, -0.25) is 9.20 Å². The van der Waals surface area contributed by atoms with Gasteiger partial charge in [0, 0.05) is 31.5 Å². The second-order valence-corrected chi connectivity index (χ2v) is 11.9. The van der Waals surface area contributed by atoms with Gasteiger partial charge < -0.3 is 14.2 Å². The molecule has 0 bridgehead atoms. The molecule has 0 amide bonds. The molecule has 1 fully saturated rings. The molecule has 5 rings (SSSR count). The first kappa shape index (κ1) is 28.9. The van der Waals surface area contributed by atoms with Gasteiger partial charge in [-0.15, -0.1) is 10.2 Å². The number of halogens is 3. The molecule has 0 N–H and O–H groups in total. The van der Waals surface area contributed by atoms with E-state index in [0.29, 0.717) is 24.6 Å². The van der Waals surface area contributed by atoms with Crippen LogP contribution in [0.15, 0.2) is 53.8 Å². The molecule has 3 heterocycles. The van der Waals surface area contributed by atoms with Gasteiger partial charge in [0.25, 0.3) is 5.56 Å². The molecule has 11 heteroatoms. The van der Waals surface area contributed by atoms with Gasteiger partial charge in [0.05, 0.1) is 28.7 Å². The van der Waals surface area contributed by atoms with Crippen LogP contribution >= 0.6 is 0 Å². The zero-order valence-electron chi connectivity index (χ0n) is 24.2. The van der Waals surface area contributed by atoms with Crippen LogP contribution in [0, 0.1) is 5.92 Å². The van der Waals surface area contributed by atoms with Crippen LogP contribution < -0.4 is 5.56 Å². The van der Waals surface area contributed by atoms with Gasteiger partial charge in [0.15, 0.2) is 5.65 Å². The number of fused-ring (bicyclic) bond motifs is 1. The average molecular weight is 569 g/mol. The lowest BCUT2D eigenvalue weighted by molar-refractivity contribution is -0.136. The number of ether oxygens (including phenoxy) is 1. The third kappa shape index (κ3) is 5.28. The van der Waals surface area contributed by atoms with Gasteiger partial charge in [0.1, 0.15) is 12.2 Å². The summed E-state index contributed by atoms with van der Waals surface area (Å²) >= 11 is 0. The lowest BCUT2D eigenvalue weighted by Gasteiger charge is -2.46. The van der Waals surface area contributed by atoms with Crippen molar-refractivity contribution in [3.8, 4) is 11.1 Å². The van der Waals surface area contributed by atoms with Crippen molar-refractivity contribution in [2.45, 2.75) is 50.8 Å². The molecule has 3 aromatic heterocycles. The van der Waals surface area contributed by atoms with Crippen molar-refractivity contribution in [1.82, 2.24) is 29.0 Å². The predicted octanol–water partition coefficient (Wildman–Crippen LogP) is 5.04. The maximum Gasteiger partial charge on any atom is 0.419 e. The van der Waals surface area contributed by atoms with Gasteiger partial charge in [-0.2, -0.15) is 13.2 Å². The highest BCUT2D eigenvalue weighted by atomic mass is 19.4. The van der Waals surface area contributed by atoms with Crippen molar-refractivity contribution < 1.29 is 17.9 Å². The maximum atomic E-state index is 14.2. The third-order valence-corrected chi connectivity index (χ3v) is 8.06. The minimum atomic E-state index is -4.72. The van der Waals surface area contributed by atoms with E-state index in [1.54, 1.807) is 26.2 Å². The molecule has 4 aromatic rings. The Morgan fingerprint density at radius 2 is 1.90 bits per heavy atom. The summed E-state index contributed by atoms with van der Waals surface area (Å²) < 4.78 is 51.5. The second kappa shape index (κ2) is 10.4. The zero-order valence-corrected chi connectivity index (χ0v) is 24.2. The quantitative estimate of drug-likeness (QED) is 0.297. The number of benzene rings is 1. The van der Waals surface area contributed by atoms with Gasteiger partial charge in [-0.05, 0) is 70.0 Å². The number of nitrogens with zero attached hydrogens (tertiary/aromatic N) is 6. The standard InChI is InChI=1S/C30H35F3N6O2/c1-19-14-29(15-19,27-36-35-18-38(27)6)21-9-7-8-20(12-21)23-16-34-25-24(30(31,32)33)13-22(17-39(25)26(23)40)28(2,3)41-11-10-37(4)5/h7-9,12-13,16-19H,10-11,14-15H2,1-6H3. The molecule has 41 heavy (non-hydrogen) atoms. The van der Waals surface area contributed by atoms with Crippen molar-refractivity contribution in [2.24, 2.45) is 13.0 Å². The molecular weight excluding hydrogens is 533 g/mol. The van der Waals surface area contributed by atoms with Crippen molar-refractivity contribution >= 4 is 5.65 Å². The van der Waals surface area contributed by atoms with Crippen LogP contribution in [0.3, 0.4) is 0 Å². The summed E-state index contributed by atoms with van der Waals surface area (Å²) in [7, 11) is 5.68. The van der Waals surface area contributed by atoms with Crippen LogP contribution in [-0.4, -0.2) is 56.3 Å². The Morgan fingerprint density at radius 3 is 2.51 bits per heavy atom. The fourth-order valence-electron chi connectivity index (χ4n) is 5.87. The lowest BCUT2D eigenvalue weighted by atomic mass is 9.58. The number of hydrogen-bond acceptors (Lipinski definition) is 6. The smallest absolute Gasteiger partial charge is 0.369 e. The summed E-state index contributed by atoms with van der Waals surface area (Å²) in [5, 5.41) is 8.47. The fourth-order valence-corrected chi connectivity index (χ4v) is 5.87. The molecule has 1 aliphatic carbocycles. The zero-order chi connectivity index (χ0) is 29.7. The predicted molar refractivity (Wildman–Crippen MR) is 150 cm³/mol.